The van der Waals surface area contributed by atoms with E-state index in [-0.39, 0.29) is 24.0 Å². The summed E-state index contributed by atoms with van der Waals surface area (Å²) in [6, 6.07) is 7.93. The third-order valence-electron chi connectivity index (χ3n) is 3.19. The molecule has 1 rings (SSSR count). The Morgan fingerprint density at radius 3 is 2.52 bits per heavy atom. The highest BCUT2D eigenvalue weighted by Crippen LogP contribution is 2.14. The molecule has 0 unspecified atom stereocenters. The Morgan fingerprint density at radius 2 is 1.90 bits per heavy atom. The molecule has 0 aromatic heterocycles. The number of rotatable bonds is 7. The third kappa shape index (κ3) is 8.48. The average molecular weight is 425 g/mol. The second-order valence-corrected chi connectivity index (χ2v) is 5.07. The fourth-order valence-electron chi connectivity index (χ4n) is 1.76. The van der Waals surface area contributed by atoms with Gasteiger partial charge in [0.25, 0.3) is 0 Å². The third-order valence-corrected chi connectivity index (χ3v) is 3.56. The molecule has 120 valence electrons. The molecule has 4 nitrogen and oxygen atoms in total. The summed E-state index contributed by atoms with van der Waals surface area (Å²) in [6.07, 6.45) is 0.884. The monoisotopic (exact) mass is 424 g/mol. The lowest BCUT2D eigenvalue weighted by Crippen LogP contribution is -2.41. The predicted molar refractivity (Wildman–Crippen MR) is 103 cm³/mol. The molecule has 0 aliphatic rings. The van der Waals surface area contributed by atoms with E-state index in [9.17, 15) is 0 Å². The van der Waals surface area contributed by atoms with Crippen molar-refractivity contribution >= 4 is 41.5 Å². The highest BCUT2D eigenvalue weighted by atomic mass is 127. The van der Waals surface area contributed by atoms with E-state index in [2.05, 4.69) is 40.6 Å². The first kappa shape index (κ1) is 20.5. The molecule has 0 heterocycles. The first-order chi connectivity index (χ1) is 9.67. The molecule has 21 heavy (non-hydrogen) atoms. The van der Waals surface area contributed by atoms with Crippen molar-refractivity contribution < 1.29 is 0 Å². The van der Waals surface area contributed by atoms with Crippen molar-refractivity contribution in [1.82, 2.24) is 15.5 Å². The molecule has 0 aliphatic heterocycles. The summed E-state index contributed by atoms with van der Waals surface area (Å²) in [5.41, 5.74) is 1.16. The lowest BCUT2D eigenvalue weighted by Gasteiger charge is -2.16. The van der Waals surface area contributed by atoms with E-state index < -0.39 is 0 Å². The van der Waals surface area contributed by atoms with Crippen LogP contribution in [0, 0.1) is 0 Å². The molecular weight excluding hydrogens is 399 g/mol. The number of nitrogens with one attached hydrogen (secondary N) is 2. The van der Waals surface area contributed by atoms with E-state index >= 15 is 0 Å². The molecule has 2 N–H and O–H groups in total. The van der Waals surface area contributed by atoms with E-state index in [0.717, 1.165) is 49.1 Å². The summed E-state index contributed by atoms with van der Waals surface area (Å²) < 4.78 is 0. The lowest BCUT2D eigenvalue weighted by atomic mass is 10.1. The Bertz CT molecular complexity index is 426. The van der Waals surface area contributed by atoms with Crippen LogP contribution in [0.15, 0.2) is 29.3 Å². The molecule has 1 aromatic rings. The molecule has 0 atom stereocenters. The van der Waals surface area contributed by atoms with Crippen LogP contribution < -0.4 is 10.6 Å². The number of halogens is 2. The van der Waals surface area contributed by atoms with Gasteiger partial charge in [-0.05, 0) is 31.6 Å². The Balaban J connectivity index is 0.00000400. The van der Waals surface area contributed by atoms with Gasteiger partial charge < -0.3 is 15.5 Å². The highest BCUT2D eigenvalue weighted by molar-refractivity contribution is 14.0. The van der Waals surface area contributed by atoms with Gasteiger partial charge in [-0.25, -0.2) is 0 Å². The van der Waals surface area contributed by atoms with Crippen molar-refractivity contribution in [3.63, 3.8) is 0 Å². The van der Waals surface area contributed by atoms with Gasteiger partial charge in [0.05, 0.1) is 0 Å². The molecule has 0 spiro atoms. The standard InChI is InChI=1S/C15H25ClN4.HI/c1-4-20(3)12-11-19-15(17-2)18-10-9-13-7-5-6-8-14(13)16;/h5-8H,4,9-12H2,1-3H3,(H2,17,18,19);1H. The quantitative estimate of drug-likeness (QED) is 0.401. The van der Waals surface area contributed by atoms with Crippen molar-refractivity contribution in [3.8, 4) is 0 Å². The van der Waals surface area contributed by atoms with Gasteiger partial charge >= 0.3 is 0 Å². The Kier molecular flexibility index (Phi) is 11.8. The first-order valence-corrected chi connectivity index (χ1v) is 7.41. The summed E-state index contributed by atoms with van der Waals surface area (Å²) in [6.45, 7) is 5.90. The van der Waals surface area contributed by atoms with E-state index in [4.69, 9.17) is 11.6 Å². The van der Waals surface area contributed by atoms with Crippen molar-refractivity contribution in [3.05, 3.63) is 34.9 Å². The summed E-state index contributed by atoms with van der Waals surface area (Å²) in [7, 11) is 3.89. The largest absolute Gasteiger partial charge is 0.356 e. The van der Waals surface area contributed by atoms with Gasteiger partial charge in [-0.2, -0.15) is 0 Å². The van der Waals surface area contributed by atoms with Crippen molar-refractivity contribution in [2.24, 2.45) is 4.99 Å². The van der Waals surface area contributed by atoms with E-state index in [1.54, 1.807) is 7.05 Å². The number of hydrogen-bond donors (Lipinski definition) is 2. The van der Waals surface area contributed by atoms with Crippen LogP contribution in [0.25, 0.3) is 0 Å². The van der Waals surface area contributed by atoms with E-state index in [0.29, 0.717) is 0 Å². The summed E-state index contributed by atoms with van der Waals surface area (Å²) in [4.78, 5) is 6.46. The summed E-state index contributed by atoms with van der Waals surface area (Å²) in [5, 5.41) is 7.42. The van der Waals surface area contributed by atoms with Crippen LogP contribution >= 0.6 is 35.6 Å². The Labute approximate surface area is 150 Å². The zero-order chi connectivity index (χ0) is 14.8. The topological polar surface area (TPSA) is 39.7 Å². The average Bonchev–Trinajstić information content (AvgIpc) is 2.47. The smallest absolute Gasteiger partial charge is 0.191 e. The molecule has 1 aromatic carbocycles. The molecular formula is C15H26ClIN4. The van der Waals surface area contributed by atoms with Gasteiger partial charge in [-0.15, -0.1) is 24.0 Å². The zero-order valence-electron chi connectivity index (χ0n) is 13.0. The molecule has 0 saturated heterocycles. The van der Waals surface area contributed by atoms with Gasteiger partial charge in [0.1, 0.15) is 0 Å². The molecule has 0 aliphatic carbocycles. The van der Waals surface area contributed by atoms with Crippen LogP contribution in [-0.2, 0) is 6.42 Å². The SMILES string of the molecule is CCN(C)CCNC(=NC)NCCc1ccccc1Cl.I. The number of aliphatic imine (C=N–C) groups is 1. The Hall–Kier alpha value is -0.530. The van der Waals surface area contributed by atoms with Gasteiger partial charge in [0, 0.05) is 31.7 Å². The minimum absolute atomic E-state index is 0. The number of nitrogens with zero attached hydrogens (tertiary/aromatic N) is 2. The van der Waals surface area contributed by atoms with Crippen LogP contribution in [-0.4, -0.2) is 51.1 Å². The molecule has 0 amide bonds. The second-order valence-electron chi connectivity index (χ2n) is 4.66. The Morgan fingerprint density at radius 1 is 1.24 bits per heavy atom. The van der Waals surface area contributed by atoms with Gasteiger partial charge in [-0.3, -0.25) is 4.99 Å². The molecule has 0 radical (unpaired) electrons. The van der Waals surface area contributed by atoms with Crippen LogP contribution in [0.5, 0.6) is 0 Å². The fourth-order valence-corrected chi connectivity index (χ4v) is 1.99. The maximum Gasteiger partial charge on any atom is 0.191 e. The van der Waals surface area contributed by atoms with Crippen molar-refractivity contribution in [2.75, 3.05) is 40.3 Å². The normalized spacial score (nSPS) is 11.2. The first-order valence-electron chi connectivity index (χ1n) is 7.03. The maximum absolute atomic E-state index is 6.13. The lowest BCUT2D eigenvalue weighted by molar-refractivity contribution is 0.357. The van der Waals surface area contributed by atoms with Crippen molar-refractivity contribution in [1.29, 1.82) is 0 Å². The number of likely N-dealkylation sites (N-methyl/N-ethyl adjacent to an activating group) is 1. The minimum Gasteiger partial charge on any atom is -0.356 e. The number of benzene rings is 1. The van der Waals surface area contributed by atoms with Crippen LogP contribution in [0.1, 0.15) is 12.5 Å². The molecule has 0 fully saturated rings. The molecule has 0 saturated carbocycles. The zero-order valence-corrected chi connectivity index (χ0v) is 16.1. The van der Waals surface area contributed by atoms with Crippen LogP contribution in [0.4, 0.5) is 0 Å². The number of guanidine groups is 1. The van der Waals surface area contributed by atoms with E-state index in [1.807, 2.05) is 18.2 Å². The number of hydrogen-bond acceptors (Lipinski definition) is 2. The molecule has 0 bridgehead atoms. The van der Waals surface area contributed by atoms with Gasteiger partial charge in [-0.1, -0.05) is 36.7 Å². The summed E-state index contributed by atoms with van der Waals surface area (Å²) >= 11 is 6.13. The van der Waals surface area contributed by atoms with Crippen LogP contribution in [0.2, 0.25) is 5.02 Å². The molecule has 6 heteroatoms. The predicted octanol–water partition coefficient (Wildman–Crippen LogP) is 2.62. The van der Waals surface area contributed by atoms with E-state index in [1.165, 1.54) is 0 Å². The summed E-state index contributed by atoms with van der Waals surface area (Å²) in [5.74, 6) is 0.835. The maximum atomic E-state index is 6.13. The fraction of sp³-hybridized carbons (Fsp3) is 0.533. The minimum atomic E-state index is 0. The highest BCUT2D eigenvalue weighted by Gasteiger charge is 2.01. The van der Waals surface area contributed by atoms with Crippen molar-refractivity contribution in [2.45, 2.75) is 13.3 Å². The second kappa shape index (κ2) is 12.1. The van der Waals surface area contributed by atoms with Crippen LogP contribution in [0.3, 0.4) is 0 Å². The van der Waals surface area contributed by atoms with Gasteiger partial charge in [0.2, 0.25) is 0 Å². The van der Waals surface area contributed by atoms with Gasteiger partial charge in [0.15, 0.2) is 5.96 Å².